The van der Waals surface area contributed by atoms with Gasteiger partial charge >= 0.3 is 6.03 Å². The van der Waals surface area contributed by atoms with Gasteiger partial charge in [0, 0.05) is 28.5 Å². The van der Waals surface area contributed by atoms with E-state index in [1.807, 2.05) is 80.6 Å². The topological polar surface area (TPSA) is 80.6 Å². The normalized spacial score (nSPS) is 14.2. The third kappa shape index (κ3) is 4.43. The van der Waals surface area contributed by atoms with Crippen LogP contribution in [0.1, 0.15) is 29.6 Å². The third-order valence-electron chi connectivity index (χ3n) is 6.04. The van der Waals surface area contributed by atoms with Gasteiger partial charge < -0.3 is 19.8 Å². The van der Waals surface area contributed by atoms with E-state index in [9.17, 15) is 4.79 Å². The van der Waals surface area contributed by atoms with Crippen LogP contribution in [-0.2, 0) is 4.74 Å². The Kier molecular flexibility index (Phi) is 6.21. The van der Waals surface area contributed by atoms with Gasteiger partial charge in [0.1, 0.15) is 17.2 Å². The van der Waals surface area contributed by atoms with Crippen LogP contribution in [0.25, 0.3) is 17.0 Å². The summed E-state index contributed by atoms with van der Waals surface area (Å²) in [6, 6.07) is 18.9. The number of hydrogen-bond donors (Lipinski definition) is 2. The summed E-state index contributed by atoms with van der Waals surface area (Å²) >= 11 is 0. The van der Waals surface area contributed by atoms with Gasteiger partial charge in [-0.25, -0.2) is 9.79 Å². The van der Waals surface area contributed by atoms with Gasteiger partial charge in [0.15, 0.2) is 0 Å². The fraction of sp³-hybridized carbons (Fsp3) is 0.172. The van der Waals surface area contributed by atoms with Crippen molar-refractivity contribution in [3.8, 4) is 5.75 Å². The van der Waals surface area contributed by atoms with Gasteiger partial charge in [-0.05, 0) is 74.9 Å². The van der Waals surface area contributed by atoms with E-state index in [-0.39, 0.29) is 6.03 Å². The smallest absolute Gasteiger partial charge is 0.331 e. The molecule has 2 aromatic heterocycles. The minimum atomic E-state index is -0.279. The third-order valence-corrected chi connectivity index (χ3v) is 6.04. The number of aromatic amines is 1. The van der Waals surface area contributed by atoms with Gasteiger partial charge in [-0.15, -0.1) is 0 Å². The Labute approximate surface area is 209 Å². The number of aliphatic imine (C=N–C) groups is 1. The summed E-state index contributed by atoms with van der Waals surface area (Å²) < 4.78 is 12.8. The lowest BCUT2D eigenvalue weighted by molar-refractivity contribution is 0.254. The molecule has 0 saturated heterocycles. The van der Waals surface area contributed by atoms with Gasteiger partial charge in [-0.2, -0.15) is 0 Å². The first-order valence-electron chi connectivity index (χ1n) is 11.8. The Morgan fingerprint density at radius 1 is 1.11 bits per heavy atom. The number of hydrogen-bond acceptors (Lipinski definition) is 4. The highest BCUT2D eigenvalue weighted by Gasteiger charge is 2.23. The predicted molar refractivity (Wildman–Crippen MR) is 144 cm³/mol. The zero-order valence-electron chi connectivity index (χ0n) is 20.8. The van der Waals surface area contributed by atoms with E-state index in [2.05, 4.69) is 23.3 Å². The minimum Gasteiger partial charge on any atom is -0.494 e. The summed E-state index contributed by atoms with van der Waals surface area (Å²) in [6.45, 7) is 6.59. The van der Waals surface area contributed by atoms with Crippen LogP contribution in [0.3, 0.4) is 0 Å². The van der Waals surface area contributed by atoms with Crippen LogP contribution in [0.2, 0.25) is 0 Å². The van der Waals surface area contributed by atoms with E-state index in [1.165, 1.54) is 0 Å². The summed E-state index contributed by atoms with van der Waals surface area (Å²) in [5.74, 6) is 1.40. The molecule has 0 saturated carbocycles. The van der Waals surface area contributed by atoms with Crippen LogP contribution in [-0.4, -0.2) is 35.0 Å². The number of methoxy groups -OCH3 is 1. The summed E-state index contributed by atoms with van der Waals surface area (Å²) in [5, 5.41) is 3.94. The Morgan fingerprint density at radius 2 is 1.89 bits per heavy atom. The molecular formula is C29H28N4O3. The lowest BCUT2D eigenvalue weighted by atomic mass is 10.2. The Hall–Kier alpha value is -4.52. The maximum absolute atomic E-state index is 13.5. The minimum absolute atomic E-state index is 0.279. The molecule has 5 rings (SSSR count). The molecule has 0 spiro atoms. The molecule has 0 unspecified atom stereocenters. The molecule has 2 aromatic carbocycles. The molecule has 3 heterocycles. The van der Waals surface area contributed by atoms with Crippen molar-refractivity contribution in [2.45, 2.75) is 20.8 Å². The van der Waals surface area contributed by atoms with E-state index in [0.29, 0.717) is 35.2 Å². The number of para-hydroxylation sites is 1. The van der Waals surface area contributed by atoms with E-state index < -0.39 is 0 Å². The SMILES string of the molecule is CCOc1ccc(NC(=O)n2c(C3=N/C(=C\c4[nH]c(C)cc4C)C(OC)=C3)cc3ccccc32)cc1. The highest BCUT2D eigenvalue weighted by Crippen LogP contribution is 2.29. The summed E-state index contributed by atoms with van der Waals surface area (Å²) in [7, 11) is 1.62. The number of carbonyl (C=O) groups excluding carboxylic acids is 1. The molecule has 182 valence electrons. The van der Waals surface area contributed by atoms with Crippen LogP contribution in [0, 0.1) is 13.8 Å². The molecule has 0 radical (unpaired) electrons. The number of benzene rings is 2. The average molecular weight is 481 g/mol. The molecule has 4 aromatic rings. The molecule has 1 aliphatic rings. The zero-order chi connectivity index (χ0) is 25.2. The molecule has 1 aliphatic heterocycles. The highest BCUT2D eigenvalue weighted by molar-refractivity contribution is 6.16. The number of amides is 1. The monoisotopic (exact) mass is 480 g/mol. The van der Waals surface area contributed by atoms with Gasteiger partial charge in [0.2, 0.25) is 0 Å². The van der Waals surface area contributed by atoms with Gasteiger partial charge in [-0.3, -0.25) is 4.57 Å². The molecule has 0 aliphatic carbocycles. The highest BCUT2D eigenvalue weighted by atomic mass is 16.5. The number of ether oxygens (including phenoxy) is 2. The quantitative estimate of drug-likeness (QED) is 0.333. The molecule has 0 fully saturated rings. The predicted octanol–water partition coefficient (Wildman–Crippen LogP) is 6.44. The second kappa shape index (κ2) is 9.62. The largest absolute Gasteiger partial charge is 0.494 e. The molecule has 2 N–H and O–H groups in total. The maximum atomic E-state index is 13.5. The number of anilines is 1. The van der Waals surface area contributed by atoms with Crippen molar-refractivity contribution in [1.29, 1.82) is 0 Å². The van der Waals surface area contributed by atoms with E-state index in [4.69, 9.17) is 14.5 Å². The van der Waals surface area contributed by atoms with Crippen molar-refractivity contribution >= 4 is 34.4 Å². The second-order valence-electron chi connectivity index (χ2n) is 8.60. The molecule has 1 amide bonds. The van der Waals surface area contributed by atoms with E-state index >= 15 is 0 Å². The van der Waals surface area contributed by atoms with Crippen LogP contribution >= 0.6 is 0 Å². The van der Waals surface area contributed by atoms with E-state index in [1.54, 1.807) is 11.7 Å². The number of nitrogens with zero attached hydrogens (tertiary/aromatic N) is 2. The number of carbonyl (C=O) groups is 1. The second-order valence-corrected chi connectivity index (χ2v) is 8.60. The summed E-state index contributed by atoms with van der Waals surface area (Å²) in [4.78, 5) is 21.8. The first-order chi connectivity index (χ1) is 17.5. The molecule has 36 heavy (non-hydrogen) atoms. The van der Waals surface area contributed by atoms with Crippen molar-refractivity contribution < 1.29 is 14.3 Å². The average Bonchev–Trinajstić information content (AvgIpc) is 3.55. The van der Waals surface area contributed by atoms with Crippen molar-refractivity contribution in [3.63, 3.8) is 0 Å². The number of nitrogens with one attached hydrogen (secondary N) is 2. The Bertz CT molecular complexity index is 1530. The zero-order valence-corrected chi connectivity index (χ0v) is 20.8. The number of fused-ring (bicyclic) bond motifs is 1. The van der Waals surface area contributed by atoms with Crippen LogP contribution in [0.4, 0.5) is 10.5 Å². The molecule has 0 atom stereocenters. The van der Waals surface area contributed by atoms with Crippen molar-refractivity contribution in [2.24, 2.45) is 4.99 Å². The van der Waals surface area contributed by atoms with Crippen LogP contribution in [0.15, 0.2) is 83.2 Å². The molecule has 7 nitrogen and oxygen atoms in total. The van der Waals surface area contributed by atoms with Crippen molar-refractivity contribution in [1.82, 2.24) is 9.55 Å². The molecule has 0 bridgehead atoms. The van der Waals surface area contributed by atoms with Gasteiger partial charge in [0.25, 0.3) is 0 Å². The van der Waals surface area contributed by atoms with Crippen molar-refractivity contribution in [2.75, 3.05) is 19.0 Å². The molecular weight excluding hydrogens is 452 g/mol. The fourth-order valence-electron chi connectivity index (χ4n) is 4.39. The standard InChI is InChI=1S/C29H28N4O3/c1-5-36-22-12-10-21(11-13-22)31-29(34)33-26-9-7-6-8-20(26)15-27(33)24-17-28(35-4)25(32-24)16-23-18(2)14-19(3)30-23/h6-17,30H,5H2,1-4H3,(H,31,34)/b25-16-. The number of aryl methyl sites for hydroxylation is 2. The van der Waals surface area contributed by atoms with Gasteiger partial charge in [0.05, 0.1) is 30.6 Å². The van der Waals surface area contributed by atoms with Crippen LogP contribution in [0.5, 0.6) is 5.75 Å². The Balaban J connectivity index is 1.54. The summed E-state index contributed by atoms with van der Waals surface area (Å²) in [5.41, 5.74) is 6.67. The lowest BCUT2D eigenvalue weighted by Crippen LogP contribution is -2.22. The number of aromatic nitrogens is 2. The first-order valence-corrected chi connectivity index (χ1v) is 11.8. The van der Waals surface area contributed by atoms with Crippen molar-refractivity contribution in [3.05, 3.63) is 101 Å². The lowest BCUT2D eigenvalue weighted by Gasteiger charge is -2.11. The first kappa shape index (κ1) is 23.2. The maximum Gasteiger partial charge on any atom is 0.331 e. The van der Waals surface area contributed by atoms with Gasteiger partial charge in [-0.1, -0.05) is 18.2 Å². The number of allylic oxidation sites excluding steroid dienone is 1. The fourth-order valence-corrected chi connectivity index (χ4v) is 4.39. The number of H-pyrrole nitrogens is 1. The molecule has 7 heteroatoms. The summed E-state index contributed by atoms with van der Waals surface area (Å²) in [6.07, 6.45) is 3.84. The number of rotatable bonds is 6. The van der Waals surface area contributed by atoms with E-state index in [0.717, 1.165) is 33.6 Å². The Morgan fingerprint density at radius 3 is 2.58 bits per heavy atom. The van der Waals surface area contributed by atoms with Crippen LogP contribution < -0.4 is 10.1 Å².